The first kappa shape index (κ1) is 20.8. The molecule has 2 aromatic rings. The molecular formula is C20H26N2O4S. The van der Waals surface area contributed by atoms with Gasteiger partial charge in [0.25, 0.3) is 0 Å². The van der Waals surface area contributed by atoms with Gasteiger partial charge in [0.2, 0.25) is 0 Å². The van der Waals surface area contributed by atoms with Crippen LogP contribution < -0.4 is 9.50 Å². The minimum atomic E-state index is -3.59. The van der Waals surface area contributed by atoms with Crippen molar-refractivity contribution in [2.24, 2.45) is 5.92 Å². The first-order valence-corrected chi connectivity index (χ1v) is 10.5. The SMILES string of the molecule is CCS(=O)(=O)Oc1cccc(CN(CC(C)C)C(=O)Nc2ccccc2)c1. The molecule has 0 unspecified atom stereocenters. The zero-order valence-corrected chi connectivity index (χ0v) is 16.7. The monoisotopic (exact) mass is 390 g/mol. The molecule has 0 radical (unpaired) electrons. The van der Waals surface area contributed by atoms with Gasteiger partial charge in [-0.3, -0.25) is 0 Å². The number of anilines is 1. The highest BCUT2D eigenvalue weighted by molar-refractivity contribution is 7.87. The van der Waals surface area contributed by atoms with Crippen molar-refractivity contribution in [2.75, 3.05) is 17.6 Å². The zero-order valence-electron chi connectivity index (χ0n) is 15.9. The molecule has 0 saturated carbocycles. The molecule has 0 fully saturated rings. The van der Waals surface area contributed by atoms with Crippen LogP contribution >= 0.6 is 0 Å². The van der Waals surface area contributed by atoms with Crippen LogP contribution in [0.25, 0.3) is 0 Å². The molecule has 0 aliphatic rings. The molecule has 0 aliphatic heterocycles. The first-order valence-electron chi connectivity index (χ1n) is 8.91. The van der Waals surface area contributed by atoms with E-state index < -0.39 is 10.1 Å². The van der Waals surface area contributed by atoms with Crippen molar-refractivity contribution >= 4 is 21.8 Å². The minimum Gasteiger partial charge on any atom is -0.382 e. The van der Waals surface area contributed by atoms with Crippen LogP contribution in [0.4, 0.5) is 10.5 Å². The number of benzene rings is 2. The molecule has 0 heterocycles. The Balaban J connectivity index is 2.14. The molecule has 2 aromatic carbocycles. The maximum atomic E-state index is 12.7. The summed E-state index contributed by atoms with van der Waals surface area (Å²) in [6, 6.07) is 15.9. The van der Waals surface area contributed by atoms with Crippen LogP contribution in [-0.2, 0) is 16.7 Å². The van der Waals surface area contributed by atoms with E-state index in [0.717, 1.165) is 11.3 Å². The Bertz CT molecular complexity index is 851. The molecule has 6 nitrogen and oxygen atoms in total. The van der Waals surface area contributed by atoms with Gasteiger partial charge < -0.3 is 14.4 Å². The number of carbonyl (C=O) groups excluding carboxylic acids is 1. The second-order valence-electron chi connectivity index (χ2n) is 6.65. The number of amides is 2. The van der Waals surface area contributed by atoms with Crippen LogP contribution in [0.1, 0.15) is 26.3 Å². The minimum absolute atomic E-state index is 0.101. The van der Waals surface area contributed by atoms with Gasteiger partial charge >= 0.3 is 16.1 Å². The molecule has 0 spiro atoms. The van der Waals surface area contributed by atoms with Gasteiger partial charge in [-0.1, -0.05) is 44.2 Å². The number of hydrogen-bond acceptors (Lipinski definition) is 4. The van der Waals surface area contributed by atoms with E-state index in [1.165, 1.54) is 6.92 Å². The number of nitrogens with zero attached hydrogens (tertiary/aromatic N) is 1. The third-order valence-corrected chi connectivity index (χ3v) is 4.90. The fourth-order valence-corrected chi connectivity index (χ4v) is 3.02. The lowest BCUT2D eigenvalue weighted by molar-refractivity contribution is 0.201. The number of carbonyl (C=O) groups is 1. The molecule has 0 bridgehead atoms. The molecule has 146 valence electrons. The predicted molar refractivity (Wildman–Crippen MR) is 107 cm³/mol. The second-order valence-corrected chi connectivity index (χ2v) is 8.51. The van der Waals surface area contributed by atoms with Crippen LogP contribution in [-0.4, -0.2) is 31.6 Å². The van der Waals surface area contributed by atoms with Crippen molar-refractivity contribution in [2.45, 2.75) is 27.3 Å². The van der Waals surface area contributed by atoms with E-state index in [1.54, 1.807) is 23.1 Å². The van der Waals surface area contributed by atoms with E-state index in [0.29, 0.717) is 13.1 Å². The average Bonchev–Trinajstić information content (AvgIpc) is 2.61. The highest BCUT2D eigenvalue weighted by Gasteiger charge is 2.17. The molecule has 0 saturated heterocycles. The van der Waals surface area contributed by atoms with Gasteiger partial charge in [-0.15, -0.1) is 0 Å². The molecule has 2 amide bonds. The van der Waals surface area contributed by atoms with Crippen molar-refractivity contribution in [3.63, 3.8) is 0 Å². The quantitative estimate of drug-likeness (QED) is 0.689. The summed E-state index contributed by atoms with van der Waals surface area (Å²) in [7, 11) is -3.59. The molecule has 7 heteroatoms. The van der Waals surface area contributed by atoms with Crippen molar-refractivity contribution in [3.8, 4) is 5.75 Å². The highest BCUT2D eigenvalue weighted by Crippen LogP contribution is 2.18. The normalized spacial score (nSPS) is 11.3. The summed E-state index contributed by atoms with van der Waals surface area (Å²) < 4.78 is 28.4. The molecule has 0 atom stereocenters. The van der Waals surface area contributed by atoms with E-state index in [1.807, 2.05) is 50.2 Å². The topological polar surface area (TPSA) is 75.7 Å². The van der Waals surface area contributed by atoms with E-state index in [9.17, 15) is 13.2 Å². The number of hydrogen-bond donors (Lipinski definition) is 1. The Hall–Kier alpha value is -2.54. The summed E-state index contributed by atoms with van der Waals surface area (Å²) >= 11 is 0. The van der Waals surface area contributed by atoms with Gasteiger partial charge in [0.15, 0.2) is 0 Å². The number of para-hydroxylation sites is 1. The fourth-order valence-electron chi connectivity index (χ4n) is 2.51. The van der Waals surface area contributed by atoms with Gasteiger partial charge in [-0.05, 0) is 42.7 Å². The fraction of sp³-hybridized carbons (Fsp3) is 0.350. The predicted octanol–water partition coefficient (Wildman–Crippen LogP) is 4.11. The summed E-state index contributed by atoms with van der Waals surface area (Å²) in [6.45, 7) is 6.51. The van der Waals surface area contributed by atoms with Crippen molar-refractivity contribution in [1.29, 1.82) is 0 Å². The molecule has 2 rings (SSSR count). The molecule has 27 heavy (non-hydrogen) atoms. The molecule has 1 N–H and O–H groups in total. The number of rotatable bonds is 8. The van der Waals surface area contributed by atoms with Crippen LogP contribution in [0.15, 0.2) is 54.6 Å². The smallest absolute Gasteiger partial charge is 0.322 e. The standard InChI is InChI=1S/C20H26N2O4S/c1-4-27(24,25)26-19-12-8-9-17(13-19)15-22(14-16(2)3)20(23)21-18-10-6-5-7-11-18/h5-13,16H,4,14-15H2,1-3H3,(H,21,23). The summed E-state index contributed by atoms with van der Waals surface area (Å²) in [4.78, 5) is 14.4. The largest absolute Gasteiger partial charge is 0.382 e. The van der Waals surface area contributed by atoms with Crippen LogP contribution in [0.2, 0.25) is 0 Å². The lowest BCUT2D eigenvalue weighted by Crippen LogP contribution is -2.37. The highest BCUT2D eigenvalue weighted by atomic mass is 32.2. The Morgan fingerprint density at radius 3 is 2.44 bits per heavy atom. The molecule has 0 aliphatic carbocycles. The zero-order chi connectivity index (χ0) is 19.9. The van der Waals surface area contributed by atoms with Gasteiger partial charge in [0.05, 0.1) is 5.75 Å². The van der Waals surface area contributed by atoms with E-state index in [2.05, 4.69) is 5.32 Å². The lowest BCUT2D eigenvalue weighted by Gasteiger charge is -2.25. The third-order valence-electron chi connectivity index (χ3n) is 3.75. The Labute approximate surface area is 161 Å². The Kier molecular flexibility index (Phi) is 7.24. The summed E-state index contributed by atoms with van der Waals surface area (Å²) in [6.07, 6.45) is 0. The summed E-state index contributed by atoms with van der Waals surface area (Å²) in [5.74, 6) is 0.435. The van der Waals surface area contributed by atoms with Crippen molar-refractivity contribution in [3.05, 3.63) is 60.2 Å². The van der Waals surface area contributed by atoms with Gasteiger partial charge in [-0.25, -0.2) is 4.79 Å². The molecular weight excluding hydrogens is 364 g/mol. The van der Waals surface area contributed by atoms with Crippen LogP contribution in [0.5, 0.6) is 5.75 Å². The number of nitrogens with one attached hydrogen (secondary N) is 1. The average molecular weight is 391 g/mol. The van der Waals surface area contributed by atoms with Gasteiger partial charge in [-0.2, -0.15) is 8.42 Å². The third kappa shape index (κ3) is 6.94. The van der Waals surface area contributed by atoms with E-state index >= 15 is 0 Å². The van der Waals surface area contributed by atoms with Crippen molar-refractivity contribution < 1.29 is 17.4 Å². The maximum Gasteiger partial charge on any atom is 0.322 e. The number of urea groups is 1. The summed E-state index contributed by atoms with van der Waals surface area (Å²) in [5, 5.41) is 2.89. The van der Waals surface area contributed by atoms with E-state index in [4.69, 9.17) is 4.18 Å². The van der Waals surface area contributed by atoms with E-state index in [-0.39, 0.29) is 23.5 Å². The maximum absolute atomic E-state index is 12.7. The first-order chi connectivity index (χ1) is 12.8. The van der Waals surface area contributed by atoms with Gasteiger partial charge in [0.1, 0.15) is 5.75 Å². The summed E-state index contributed by atoms with van der Waals surface area (Å²) in [5.41, 5.74) is 1.52. The lowest BCUT2D eigenvalue weighted by atomic mass is 10.1. The van der Waals surface area contributed by atoms with Crippen molar-refractivity contribution in [1.82, 2.24) is 4.90 Å². The molecule has 0 aromatic heterocycles. The van der Waals surface area contributed by atoms with Crippen LogP contribution in [0, 0.1) is 5.92 Å². The van der Waals surface area contributed by atoms with Crippen LogP contribution in [0.3, 0.4) is 0 Å². The Morgan fingerprint density at radius 1 is 1.11 bits per heavy atom. The van der Waals surface area contributed by atoms with Gasteiger partial charge in [0, 0.05) is 18.8 Å². The second kappa shape index (κ2) is 9.41. The Morgan fingerprint density at radius 2 is 1.81 bits per heavy atom.